The molecule has 0 aliphatic carbocycles. The summed E-state index contributed by atoms with van der Waals surface area (Å²) in [5.41, 5.74) is 4.02. The summed E-state index contributed by atoms with van der Waals surface area (Å²) in [5, 5.41) is 18.2. The predicted molar refractivity (Wildman–Crippen MR) is 143 cm³/mol. The minimum absolute atomic E-state index is 0.0701. The number of phenols is 1. The SMILES string of the molecule is O=C1NC(=O)c2c1c(-c1c(Cl)cccc1Cl)cc1c2c2cc(O)ccc2n1CCNc1ccccc1. The second-order valence-corrected chi connectivity index (χ2v) is 9.41. The number of anilines is 1. The highest BCUT2D eigenvalue weighted by molar-refractivity contribution is 6.41. The molecule has 3 N–H and O–H groups in total. The van der Waals surface area contributed by atoms with Crippen LogP contribution in [0.2, 0.25) is 10.0 Å². The lowest BCUT2D eigenvalue weighted by atomic mass is 9.92. The number of fused-ring (bicyclic) bond motifs is 5. The molecule has 0 radical (unpaired) electrons. The summed E-state index contributed by atoms with van der Waals surface area (Å²) >= 11 is 13.1. The van der Waals surface area contributed by atoms with Crippen molar-refractivity contribution >= 4 is 62.5 Å². The number of nitrogens with one attached hydrogen (secondary N) is 2. The molecule has 0 saturated carbocycles. The van der Waals surface area contributed by atoms with Crippen LogP contribution < -0.4 is 10.6 Å². The molecule has 5 aromatic rings. The van der Waals surface area contributed by atoms with Crippen molar-refractivity contribution in [1.82, 2.24) is 9.88 Å². The van der Waals surface area contributed by atoms with Crippen LogP contribution in [0, 0.1) is 0 Å². The van der Waals surface area contributed by atoms with E-state index in [0.717, 1.165) is 16.7 Å². The van der Waals surface area contributed by atoms with Crippen molar-refractivity contribution in [3.63, 3.8) is 0 Å². The lowest BCUT2D eigenvalue weighted by molar-refractivity contribution is 0.0880. The summed E-state index contributed by atoms with van der Waals surface area (Å²) in [6.45, 7) is 1.16. The third-order valence-corrected chi connectivity index (χ3v) is 7.12. The van der Waals surface area contributed by atoms with Gasteiger partial charge in [-0.05, 0) is 48.5 Å². The Morgan fingerprint density at radius 3 is 2.28 bits per heavy atom. The highest BCUT2D eigenvalue weighted by Crippen LogP contribution is 2.44. The third-order valence-electron chi connectivity index (χ3n) is 6.49. The lowest BCUT2D eigenvalue weighted by Gasteiger charge is -2.14. The zero-order valence-electron chi connectivity index (χ0n) is 18.8. The molecule has 6 nitrogen and oxygen atoms in total. The van der Waals surface area contributed by atoms with Gasteiger partial charge in [0.1, 0.15) is 5.75 Å². The molecular formula is C28H19Cl2N3O3. The fourth-order valence-electron chi connectivity index (χ4n) is 5.00. The van der Waals surface area contributed by atoms with E-state index in [4.69, 9.17) is 23.2 Å². The molecular weight excluding hydrogens is 497 g/mol. The van der Waals surface area contributed by atoms with Crippen LogP contribution in [0.15, 0.2) is 72.8 Å². The van der Waals surface area contributed by atoms with Crippen LogP contribution >= 0.6 is 23.2 Å². The van der Waals surface area contributed by atoms with E-state index < -0.39 is 11.8 Å². The zero-order valence-corrected chi connectivity index (χ0v) is 20.3. The Labute approximate surface area is 216 Å². The van der Waals surface area contributed by atoms with Gasteiger partial charge in [-0.1, -0.05) is 47.5 Å². The number of hydrogen-bond acceptors (Lipinski definition) is 4. The minimum Gasteiger partial charge on any atom is -0.508 e. The number of carbonyl (C=O) groups is 2. The molecule has 36 heavy (non-hydrogen) atoms. The van der Waals surface area contributed by atoms with Gasteiger partial charge in [0.15, 0.2) is 0 Å². The van der Waals surface area contributed by atoms with Gasteiger partial charge in [0.05, 0.1) is 16.6 Å². The monoisotopic (exact) mass is 515 g/mol. The number of amides is 2. The number of hydrogen-bond donors (Lipinski definition) is 3. The van der Waals surface area contributed by atoms with Crippen molar-refractivity contribution in [3.05, 3.63) is 94.0 Å². The van der Waals surface area contributed by atoms with E-state index in [9.17, 15) is 14.7 Å². The maximum absolute atomic E-state index is 13.1. The maximum Gasteiger partial charge on any atom is 0.259 e. The zero-order chi connectivity index (χ0) is 25.0. The van der Waals surface area contributed by atoms with Gasteiger partial charge in [0.2, 0.25) is 0 Å². The van der Waals surface area contributed by atoms with Gasteiger partial charge in [0, 0.05) is 56.2 Å². The van der Waals surface area contributed by atoms with Crippen LogP contribution in [0.3, 0.4) is 0 Å². The number of para-hydroxylation sites is 1. The van der Waals surface area contributed by atoms with Crippen molar-refractivity contribution in [2.45, 2.75) is 6.54 Å². The van der Waals surface area contributed by atoms with Crippen LogP contribution in [0.1, 0.15) is 20.7 Å². The molecule has 178 valence electrons. The molecule has 6 rings (SSSR count). The summed E-state index contributed by atoms with van der Waals surface area (Å²) in [4.78, 5) is 26.1. The molecule has 0 atom stereocenters. The second kappa shape index (κ2) is 8.59. The van der Waals surface area contributed by atoms with Crippen LogP contribution in [0.25, 0.3) is 32.9 Å². The molecule has 1 aromatic heterocycles. The van der Waals surface area contributed by atoms with Gasteiger partial charge >= 0.3 is 0 Å². The van der Waals surface area contributed by atoms with Crippen LogP contribution in [-0.2, 0) is 6.54 Å². The van der Waals surface area contributed by atoms with E-state index in [0.29, 0.717) is 45.0 Å². The van der Waals surface area contributed by atoms with E-state index in [2.05, 4.69) is 15.2 Å². The Hall–Kier alpha value is -4.00. The van der Waals surface area contributed by atoms with E-state index in [1.54, 1.807) is 30.3 Å². The van der Waals surface area contributed by atoms with Crippen LogP contribution in [-0.4, -0.2) is 28.0 Å². The fraction of sp³-hybridized carbons (Fsp3) is 0.0714. The number of aromatic nitrogens is 1. The lowest BCUT2D eigenvalue weighted by Crippen LogP contribution is -2.20. The van der Waals surface area contributed by atoms with Gasteiger partial charge in [-0.3, -0.25) is 14.9 Å². The Morgan fingerprint density at radius 1 is 0.806 bits per heavy atom. The van der Waals surface area contributed by atoms with Crippen LogP contribution in [0.5, 0.6) is 5.75 Å². The summed E-state index contributed by atoms with van der Waals surface area (Å²) in [7, 11) is 0. The number of imide groups is 1. The van der Waals surface area contributed by atoms with E-state index in [1.165, 1.54) is 0 Å². The summed E-state index contributed by atoms with van der Waals surface area (Å²) in [6, 6.07) is 21.9. The Morgan fingerprint density at radius 2 is 1.53 bits per heavy atom. The number of carbonyl (C=O) groups excluding carboxylic acids is 2. The summed E-state index contributed by atoms with van der Waals surface area (Å²) in [5.74, 6) is -0.926. The number of nitrogens with zero attached hydrogens (tertiary/aromatic N) is 1. The Bertz CT molecular complexity index is 1690. The molecule has 1 aliphatic heterocycles. The molecule has 0 saturated heterocycles. The van der Waals surface area contributed by atoms with Gasteiger partial charge < -0.3 is 15.0 Å². The predicted octanol–water partition coefficient (Wildman–Crippen LogP) is 6.47. The average molecular weight is 516 g/mol. The molecule has 1 aliphatic rings. The first-order chi connectivity index (χ1) is 17.4. The standard InChI is InChI=1S/C28H19Cl2N3O3/c29-19-7-4-8-20(30)23(19)18-14-22-24(26-25(18)27(35)32-28(26)36)17-13-16(34)9-10-21(17)33(22)12-11-31-15-5-2-1-3-6-15/h1-10,13-14,31,34H,11-12H2,(H,32,35,36). The number of rotatable bonds is 5. The first-order valence-corrected chi connectivity index (χ1v) is 12.1. The van der Waals surface area contributed by atoms with Crippen molar-refractivity contribution in [3.8, 4) is 16.9 Å². The topological polar surface area (TPSA) is 83.4 Å². The molecule has 0 fully saturated rings. The molecule has 2 amide bonds. The van der Waals surface area contributed by atoms with Gasteiger partial charge in [-0.15, -0.1) is 0 Å². The van der Waals surface area contributed by atoms with Gasteiger partial charge in [-0.25, -0.2) is 0 Å². The van der Waals surface area contributed by atoms with Crippen molar-refractivity contribution in [2.75, 3.05) is 11.9 Å². The third kappa shape index (κ3) is 3.49. The highest BCUT2D eigenvalue weighted by atomic mass is 35.5. The molecule has 0 spiro atoms. The number of phenolic OH excluding ortho intramolecular Hbond substituents is 1. The first-order valence-electron chi connectivity index (χ1n) is 11.3. The maximum atomic E-state index is 13.1. The van der Waals surface area contributed by atoms with Gasteiger partial charge in [0.25, 0.3) is 11.8 Å². The van der Waals surface area contributed by atoms with E-state index in [-0.39, 0.29) is 16.9 Å². The summed E-state index contributed by atoms with van der Waals surface area (Å²) in [6.07, 6.45) is 0. The normalized spacial score (nSPS) is 12.8. The fourth-order valence-corrected chi connectivity index (χ4v) is 5.60. The second-order valence-electron chi connectivity index (χ2n) is 8.59. The smallest absolute Gasteiger partial charge is 0.259 e. The molecule has 4 aromatic carbocycles. The van der Waals surface area contributed by atoms with Gasteiger partial charge in [-0.2, -0.15) is 0 Å². The quantitative estimate of drug-likeness (QED) is 0.234. The van der Waals surface area contributed by atoms with E-state index in [1.807, 2.05) is 42.5 Å². The van der Waals surface area contributed by atoms with Crippen molar-refractivity contribution in [1.29, 1.82) is 0 Å². The average Bonchev–Trinajstić information content (AvgIpc) is 3.32. The van der Waals surface area contributed by atoms with Crippen LogP contribution in [0.4, 0.5) is 5.69 Å². The Kier molecular flexibility index (Phi) is 5.36. The summed E-state index contributed by atoms with van der Waals surface area (Å²) < 4.78 is 2.07. The Balaban J connectivity index is 1.63. The molecule has 0 bridgehead atoms. The minimum atomic E-state index is -0.505. The van der Waals surface area contributed by atoms with Crippen molar-refractivity contribution in [2.24, 2.45) is 0 Å². The molecule has 8 heteroatoms. The van der Waals surface area contributed by atoms with Crippen molar-refractivity contribution < 1.29 is 14.7 Å². The number of halogens is 2. The number of benzene rings is 4. The molecule has 2 heterocycles. The van der Waals surface area contributed by atoms with E-state index >= 15 is 0 Å². The number of aromatic hydroxyl groups is 1. The highest BCUT2D eigenvalue weighted by Gasteiger charge is 2.35. The molecule has 0 unspecified atom stereocenters. The largest absolute Gasteiger partial charge is 0.508 e. The first kappa shape index (κ1) is 22.5.